The molecule has 0 atom stereocenters. The van der Waals surface area contributed by atoms with Crippen molar-refractivity contribution in [1.82, 2.24) is 9.13 Å². The van der Waals surface area contributed by atoms with Crippen LogP contribution in [0.3, 0.4) is 0 Å². The minimum absolute atomic E-state index is 0.00671. The van der Waals surface area contributed by atoms with Gasteiger partial charge in [-0.2, -0.15) is 10.5 Å². The Morgan fingerprint density at radius 3 is 1.11 bits per heavy atom. The summed E-state index contributed by atoms with van der Waals surface area (Å²) < 4.78 is 4.68. The molecule has 266 valence electrons. The van der Waals surface area contributed by atoms with Crippen LogP contribution in [-0.4, -0.2) is 9.13 Å². The van der Waals surface area contributed by atoms with Crippen molar-refractivity contribution < 1.29 is 0 Å². The summed E-state index contributed by atoms with van der Waals surface area (Å²) in [6.07, 6.45) is 0. The van der Waals surface area contributed by atoms with E-state index < -0.39 is 0 Å². The van der Waals surface area contributed by atoms with Crippen LogP contribution in [0.4, 0.5) is 0 Å². The molecule has 0 aliphatic heterocycles. The van der Waals surface area contributed by atoms with Gasteiger partial charge in [-0.05, 0) is 112 Å². The van der Waals surface area contributed by atoms with Gasteiger partial charge in [-0.25, -0.2) is 0 Å². The van der Waals surface area contributed by atoms with E-state index in [9.17, 15) is 10.5 Å². The summed E-state index contributed by atoms with van der Waals surface area (Å²) in [7, 11) is 0. The van der Waals surface area contributed by atoms with E-state index in [1.807, 2.05) is 24.3 Å². The maximum Gasteiger partial charge on any atom is 0.0991 e. The van der Waals surface area contributed by atoms with E-state index in [-0.39, 0.29) is 16.2 Å². The van der Waals surface area contributed by atoms with E-state index >= 15 is 0 Å². The average Bonchev–Trinajstić information content (AvgIpc) is 3.65. The molecule has 0 spiro atoms. The van der Waals surface area contributed by atoms with Crippen molar-refractivity contribution in [2.75, 3.05) is 0 Å². The molecule has 8 rings (SSSR count). The number of para-hydroxylation sites is 1. The van der Waals surface area contributed by atoms with Crippen LogP contribution >= 0.6 is 0 Å². The average molecular weight is 703 g/mol. The number of hydrogen-bond acceptors (Lipinski definition) is 2. The van der Waals surface area contributed by atoms with Gasteiger partial charge in [-0.3, -0.25) is 0 Å². The zero-order chi connectivity index (χ0) is 38.3. The highest BCUT2D eigenvalue weighted by atomic mass is 15.0. The number of aromatic nitrogens is 2. The Morgan fingerprint density at radius 2 is 0.741 bits per heavy atom. The Hall–Kier alpha value is -6.10. The smallest absolute Gasteiger partial charge is 0.0991 e. The van der Waals surface area contributed by atoms with Crippen molar-refractivity contribution in [2.24, 2.45) is 0 Å². The predicted octanol–water partition coefficient (Wildman–Crippen LogP) is 13.2. The van der Waals surface area contributed by atoms with Crippen molar-refractivity contribution in [3.05, 3.63) is 143 Å². The lowest BCUT2D eigenvalue weighted by molar-refractivity contribution is 0.590. The van der Waals surface area contributed by atoms with Gasteiger partial charge in [0.25, 0.3) is 0 Å². The van der Waals surface area contributed by atoms with E-state index in [1.54, 1.807) is 0 Å². The fourth-order valence-corrected chi connectivity index (χ4v) is 7.95. The SMILES string of the molecule is CC(C)(C)c1ccc2c(c1)c1ccccc1n2-c1ccc(C#N)cc1-c1cc(C#N)ccc1-n1c2ccc(C(C)(C)C)cc2c2cc(C(C)(C)C)ccc21. The summed E-state index contributed by atoms with van der Waals surface area (Å²) in [5, 5.41) is 25.3. The third kappa shape index (κ3) is 5.66. The Labute approximate surface area is 318 Å². The second kappa shape index (κ2) is 12.2. The van der Waals surface area contributed by atoms with E-state index in [1.165, 1.54) is 38.2 Å². The molecule has 0 N–H and O–H groups in total. The molecule has 2 heterocycles. The Kier molecular flexibility index (Phi) is 7.91. The molecular formula is C50H46N4. The highest BCUT2D eigenvalue weighted by Crippen LogP contribution is 2.43. The first-order valence-corrected chi connectivity index (χ1v) is 18.8. The maximum absolute atomic E-state index is 10.3. The summed E-state index contributed by atoms with van der Waals surface area (Å²) in [5.74, 6) is 0. The molecule has 0 saturated heterocycles. The van der Waals surface area contributed by atoms with Gasteiger partial charge < -0.3 is 9.13 Å². The van der Waals surface area contributed by atoms with Crippen molar-refractivity contribution in [2.45, 2.75) is 78.6 Å². The maximum atomic E-state index is 10.3. The van der Waals surface area contributed by atoms with Gasteiger partial charge in [0.1, 0.15) is 0 Å². The van der Waals surface area contributed by atoms with Crippen LogP contribution in [0.25, 0.3) is 66.1 Å². The zero-order valence-corrected chi connectivity index (χ0v) is 32.8. The fraction of sp³-hybridized carbons (Fsp3) is 0.240. The molecule has 0 aliphatic carbocycles. The van der Waals surface area contributed by atoms with Gasteiger partial charge in [0.15, 0.2) is 0 Å². The molecule has 0 radical (unpaired) electrons. The second-order valence-corrected chi connectivity index (χ2v) is 17.8. The van der Waals surface area contributed by atoms with Gasteiger partial charge in [0, 0.05) is 32.7 Å². The minimum Gasteiger partial charge on any atom is -0.309 e. The zero-order valence-electron chi connectivity index (χ0n) is 32.8. The first kappa shape index (κ1) is 35.0. The number of nitriles is 2. The lowest BCUT2D eigenvalue weighted by Gasteiger charge is -2.21. The highest BCUT2D eigenvalue weighted by Gasteiger charge is 2.25. The molecule has 2 aromatic heterocycles. The quantitative estimate of drug-likeness (QED) is 0.184. The van der Waals surface area contributed by atoms with Crippen LogP contribution in [0.15, 0.2) is 115 Å². The first-order valence-electron chi connectivity index (χ1n) is 18.8. The Bertz CT molecular complexity index is 2820. The van der Waals surface area contributed by atoms with Gasteiger partial charge in [0.05, 0.1) is 56.7 Å². The summed E-state index contributed by atoms with van der Waals surface area (Å²) in [6, 6.07) is 45.8. The molecule has 0 amide bonds. The molecule has 6 aromatic carbocycles. The van der Waals surface area contributed by atoms with E-state index in [0.717, 1.165) is 44.6 Å². The molecule has 4 nitrogen and oxygen atoms in total. The molecule has 0 fully saturated rings. The molecule has 0 aliphatic rings. The van der Waals surface area contributed by atoms with Gasteiger partial charge >= 0.3 is 0 Å². The van der Waals surface area contributed by atoms with Crippen LogP contribution < -0.4 is 0 Å². The third-order valence-electron chi connectivity index (χ3n) is 11.1. The number of rotatable bonds is 3. The number of nitrogens with zero attached hydrogens (tertiary/aromatic N) is 4. The predicted molar refractivity (Wildman–Crippen MR) is 226 cm³/mol. The second-order valence-electron chi connectivity index (χ2n) is 17.8. The Morgan fingerprint density at radius 1 is 0.389 bits per heavy atom. The Balaban J connectivity index is 1.49. The van der Waals surface area contributed by atoms with Gasteiger partial charge in [-0.1, -0.05) is 98.7 Å². The molecular weight excluding hydrogens is 657 g/mol. The standard InChI is InChI=1S/C50H46N4/c1-48(2,3)33-16-21-45-39(26-33)36-12-10-11-13-42(36)53(45)43-19-14-31(29-51)24-37(43)38-25-32(30-52)15-20-44(38)54-46-22-17-34(49(4,5)6)27-40(46)41-28-35(50(7,8)9)18-23-47(41)54/h10-28H,1-9H3. The molecule has 8 aromatic rings. The van der Waals surface area contributed by atoms with Gasteiger partial charge in [-0.15, -0.1) is 0 Å². The van der Waals surface area contributed by atoms with E-state index in [0.29, 0.717) is 11.1 Å². The van der Waals surface area contributed by atoms with Crippen molar-refractivity contribution in [1.29, 1.82) is 10.5 Å². The number of benzene rings is 6. The molecule has 0 bridgehead atoms. The van der Waals surface area contributed by atoms with Crippen LogP contribution in [0.5, 0.6) is 0 Å². The van der Waals surface area contributed by atoms with E-state index in [4.69, 9.17) is 0 Å². The van der Waals surface area contributed by atoms with Crippen LogP contribution in [0.2, 0.25) is 0 Å². The normalized spacial score (nSPS) is 12.5. The lowest BCUT2D eigenvalue weighted by atomic mass is 9.85. The summed E-state index contributed by atoms with van der Waals surface area (Å²) in [4.78, 5) is 0. The lowest BCUT2D eigenvalue weighted by Crippen LogP contribution is -2.10. The van der Waals surface area contributed by atoms with E-state index in [2.05, 4.69) is 175 Å². The van der Waals surface area contributed by atoms with Crippen molar-refractivity contribution in [3.63, 3.8) is 0 Å². The van der Waals surface area contributed by atoms with Gasteiger partial charge in [0.2, 0.25) is 0 Å². The monoisotopic (exact) mass is 702 g/mol. The molecule has 54 heavy (non-hydrogen) atoms. The van der Waals surface area contributed by atoms with Crippen LogP contribution in [0, 0.1) is 22.7 Å². The largest absolute Gasteiger partial charge is 0.309 e. The van der Waals surface area contributed by atoms with Crippen molar-refractivity contribution in [3.8, 4) is 34.6 Å². The highest BCUT2D eigenvalue weighted by molar-refractivity contribution is 6.12. The minimum atomic E-state index is -0.0214. The van der Waals surface area contributed by atoms with Crippen LogP contribution in [0.1, 0.15) is 90.1 Å². The topological polar surface area (TPSA) is 57.4 Å². The fourth-order valence-electron chi connectivity index (χ4n) is 7.95. The first-order chi connectivity index (χ1) is 25.6. The number of hydrogen-bond donors (Lipinski definition) is 0. The summed E-state index contributed by atoms with van der Waals surface area (Å²) in [5.41, 5.74) is 12.9. The summed E-state index contributed by atoms with van der Waals surface area (Å²) >= 11 is 0. The molecule has 0 unspecified atom stereocenters. The summed E-state index contributed by atoms with van der Waals surface area (Å²) in [6.45, 7) is 20.3. The third-order valence-corrected chi connectivity index (χ3v) is 11.1. The van der Waals surface area contributed by atoms with Crippen LogP contribution in [-0.2, 0) is 16.2 Å². The molecule has 0 saturated carbocycles. The number of fused-ring (bicyclic) bond motifs is 6. The molecule has 4 heteroatoms. The van der Waals surface area contributed by atoms with Crippen molar-refractivity contribution >= 4 is 43.6 Å².